The van der Waals surface area contributed by atoms with Crippen LogP contribution < -0.4 is 5.32 Å². The van der Waals surface area contributed by atoms with E-state index < -0.39 is 10.0 Å². The number of nitrogens with zero attached hydrogens (tertiary/aromatic N) is 1. The molecule has 2 rings (SSSR count). The van der Waals surface area contributed by atoms with E-state index in [-0.39, 0.29) is 17.3 Å². The van der Waals surface area contributed by atoms with E-state index in [4.69, 9.17) is 11.6 Å². The maximum Gasteiger partial charge on any atom is 0.244 e. The SMILES string of the molecule is CNCC1CCN(S(=O)(=O)c2cccc(Cl)c2Br)C1.Cl. The summed E-state index contributed by atoms with van der Waals surface area (Å²) in [5.41, 5.74) is 0. The van der Waals surface area contributed by atoms with Gasteiger partial charge in [0.05, 0.1) is 14.4 Å². The van der Waals surface area contributed by atoms with Gasteiger partial charge in [0, 0.05) is 13.1 Å². The third kappa shape index (κ3) is 3.67. The molecule has 1 atom stereocenters. The van der Waals surface area contributed by atoms with Crippen molar-refractivity contribution in [1.29, 1.82) is 0 Å². The lowest BCUT2D eigenvalue weighted by Crippen LogP contribution is -2.30. The molecule has 0 saturated carbocycles. The lowest BCUT2D eigenvalue weighted by molar-refractivity contribution is 0.451. The van der Waals surface area contributed by atoms with Crippen LogP contribution in [0.4, 0.5) is 0 Å². The topological polar surface area (TPSA) is 49.4 Å². The van der Waals surface area contributed by atoms with Crippen LogP contribution in [0.1, 0.15) is 6.42 Å². The van der Waals surface area contributed by atoms with Crippen molar-refractivity contribution in [2.75, 3.05) is 26.7 Å². The Morgan fingerprint density at radius 1 is 1.50 bits per heavy atom. The summed E-state index contributed by atoms with van der Waals surface area (Å²) in [5.74, 6) is 0.373. The van der Waals surface area contributed by atoms with E-state index in [2.05, 4.69) is 21.2 Å². The number of hydrogen-bond donors (Lipinski definition) is 1. The first-order valence-electron chi connectivity index (χ1n) is 6.05. The molecular weight excluding hydrogens is 387 g/mol. The Balaban J connectivity index is 0.00000200. The van der Waals surface area contributed by atoms with Gasteiger partial charge in [-0.1, -0.05) is 17.7 Å². The van der Waals surface area contributed by atoms with Crippen LogP contribution in [0.5, 0.6) is 0 Å². The maximum absolute atomic E-state index is 12.6. The molecule has 0 aliphatic carbocycles. The molecule has 4 nitrogen and oxygen atoms in total. The molecular formula is C12H17BrCl2N2O2S. The van der Waals surface area contributed by atoms with Gasteiger partial charge in [-0.3, -0.25) is 0 Å². The summed E-state index contributed by atoms with van der Waals surface area (Å²) in [5, 5.41) is 3.50. The van der Waals surface area contributed by atoms with E-state index in [0.717, 1.165) is 13.0 Å². The normalized spacial score (nSPS) is 19.9. The van der Waals surface area contributed by atoms with E-state index in [1.165, 1.54) is 4.31 Å². The van der Waals surface area contributed by atoms with Crippen molar-refractivity contribution in [3.05, 3.63) is 27.7 Å². The molecule has 0 amide bonds. The largest absolute Gasteiger partial charge is 0.319 e. The summed E-state index contributed by atoms with van der Waals surface area (Å²) >= 11 is 9.22. The number of hydrogen-bond acceptors (Lipinski definition) is 3. The van der Waals surface area contributed by atoms with E-state index in [1.54, 1.807) is 18.2 Å². The first kappa shape index (κ1) is 18.2. The fourth-order valence-corrected chi connectivity index (χ4v) is 5.02. The Hall–Kier alpha value is 0.150. The zero-order valence-electron chi connectivity index (χ0n) is 11.0. The molecule has 1 aliphatic rings. The van der Waals surface area contributed by atoms with Gasteiger partial charge >= 0.3 is 0 Å². The van der Waals surface area contributed by atoms with Crippen LogP contribution in [-0.4, -0.2) is 39.4 Å². The maximum atomic E-state index is 12.6. The van der Waals surface area contributed by atoms with Gasteiger partial charge in [0.15, 0.2) is 0 Å². The number of benzene rings is 1. The minimum absolute atomic E-state index is 0. The third-order valence-corrected chi connectivity index (χ3v) is 6.84. The van der Waals surface area contributed by atoms with E-state index in [0.29, 0.717) is 28.5 Å². The zero-order chi connectivity index (χ0) is 14.0. The van der Waals surface area contributed by atoms with Crippen molar-refractivity contribution in [2.45, 2.75) is 11.3 Å². The molecule has 0 spiro atoms. The van der Waals surface area contributed by atoms with Gasteiger partial charge in [0.2, 0.25) is 10.0 Å². The molecule has 1 heterocycles. The number of sulfonamides is 1. The third-order valence-electron chi connectivity index (χ3n) is 3.28. The van der Waals surface area contributed by atoms with Crippen molar-refractivity contribution in [1.82, 2.24) is 9.62 Å². The quantitative estimate of drug-likeness (QED) is 0.840. The molecule has 1 aromatic rings. The van der Waals surface area contributed by atoms with Crippen LogP contribution in [0.25, 0.3) is 0 Å². The van der Waals surface area contributed by atoms with Crippen molar-refractivity contribution in [2.24, 2.45) is 5.92 Å². The van der Waals surface area contributed by atoms with Crippen LogP contribution in [0.15, 0.2) is 27.6 Å². The van der Waals surface area contributed by atoms with Crippen LogP contribution in [0.2, 0.25) is 5.02 Å². The Labute approximate surface area is 139 Å². The molecule has 20 heavy (non-hydrogen) atoms. The Morgan fingerprint density at radius 3 is 2.85 bits per heavy atom. The smallest absolute Gasteiger partial charge is 0.244 e. The molecule has 114 valence electrons. The molecule has 0 aromatic heterocycles. The van der Waals surface area contributed by atoms with Crippen molar-refractivity contribution in [3.8, 4) is 0 Å². The summed E-state index contributed by atoms with van der Waals surface area (Å²) in [7, 11) is -1.59. The fourth-order valence-electron chi connectivity index (χ4n) is 2.29. The van der Waals surface area contributed by atoms with E-state index >= 15 is 0 Å². The summed E-state index contributed by atoms with van der Waals surface area (Å²) < 4.78 is 27.1. The van der Waals surface area contributed by atoms with Crippen molar-refractivity contribution < 1.29 is 8.42 Å². The average molecular weight is 404 g/mol. The molecule has 1 N–H and O–H groups in total. The molecule has 1 aliphatic heterocycles. The van der Waals surface area contributed by atoms with Crippen LogP contribution in [0.3, 0.4) is 0 Å². The van der Waals surface area contributed by atoms with Crippen molar-refractivity contribution >= 4 is 50.0 Å². The summed E-state index contributed by atoms with van der Waals surface area (Å²) in [4.78, 5) is 0.241. The average Bonchev–Trinajstić information content (AvgIpc) is 2.82. The van der Waals surface area contributed by atoms with Gasteiger partial charge in [0.1, 0.15) is 0 Å². The summed E-state index contributed by atoms with van der Waals surface area (Å²) in [6, 6.07) is 4.90. The molecule has 1 fully saturated rings. The van der Waals surface area contributed by atoms with Crippen LogP contribution >= 0.6 is 39.9 Å². The first-order valence-corrected chi connectivity index (χ1v) is 8.66. The van der Waals surface area contributed by atoms with E-state index in [1.807, 2.05) is 7.05 Å². The zero-order valence-corrected chi connectivity index (χ0v) is 14.9. The standard InChI is InChI=1S/C12H16BrClN2O2S.ClH/c1-15-7-9-5-6-16(8-9)19(17,18)11-4-2-3-10(14)12(11)13;/h2-4,9,15H,5-8H2,1H3;1H. The van der Waals surface area contributed by atoms with Crippen molar-refractivity contribution in [3.63, 3.8) is 0 Å². The van der Waals surface area contributed by atoms with E-state index in [9.17, 15) is 8.42 Å². The van der Waals surface area contributed by atoms with Gasteiger partial charge in [-0.05, 0) is 54.0 Å². The van der Waals surface area contributed by atoms with Crippen LogP contribution in [0, 0.1) is 5.92 Å². The highest BCUT2D eigenvalue weighted by Crippen LogP contribution is 2.33. The first-order chi connectivity index (χ1) is 8.96. The van der Waals surface area contributed by atoms with Gasteiger partial charge in [0.25, 0.3) is 0 Å². The second-order valence-electron chi connectivity index (χ2n) is 4.63. The van der Waals surface area contributed by atoms with Gasteiger partial charge in [-0.25, -0.2) is 8.42 Å². The van der Waals surface area contributed by atoms with Crippen LogP contribution in [-0.2, 0) is 10.0 Å². The summed E-state index contributed by atoms with van der Waals surface area (Å²) in [6.07, 6.45) is 0.887. The highest BCUT2D eigenvalue weighted by molar-refractivity contribution is 9.10. The molecule has 1 aromatic carbocycles. The second kappa shape index (κ2) is 7.42. The Kier molecular flexibility index (Phi) is 6.76. The molecule has 0 bridgehead atoms. The number of rotatable bonds is 4. The minimum atomic E-state index is -3.47. The van der Waals surface area contributed by atoms with Gasteiger partial charge < -0.3 is 5.32 Å². The second-order valence-corrected chi connectivity index (χ2v) is 7.73. The lowest BCUT2D eigenvalue weighted by Gasteiger charge is -2.18. The minimum Gasteiger partial charge on any atom is -0.319 e. The Bertz CT molecular complexity index is 569. The molecule has 1 saturated heterocycles. The highest BCUT2D eigenvalue weighted by Gasteiger charge is 2.33. The number of nitrogens with one attached hydrogen (secondary N) is 1. The molecule has 8 heteroatoms. The lowest BCUT2D eigenvalue weighted by atomic mass is 10.1. The monoisotopic (exact) mass is 402 g/mol. The molecule has 1 unspecified atom stereocenters. The number of halogens is 3. The summed E-state index contributed by atoms with van der Waals surface area (Å²) in [6.45, 7) is 1.96. The Morgan fingerprint density at radius 2 is 2.20 bits per heavy atom. The predicted octanol–water partition coefficient (Wildman–Crippen LogP) is 2.75. The predicted molar refractivity (Wildman–Crippen MR) is 87.2 cm³/mol. The van der Waals surface area contributed by atoms with Gasteiger partial charge in [-0.2, -0.15) is 4.31 Å². The highest BCUT2D eigenvalue weighted by atomic mass is 79.9. The fraction of sp³-hybridized carbons (Fsp3) is 0.500. The van der Waals surface area contributed by atoms with Gasteiger partial charge in [-0.15, -0.1) is 12.4 Å². The molecule has 0 radical (unpaired) electrons.